The van der Waals surface area contributed by atoms with Crippen LogP contribution >= 0.6 is 0 Å². The molecule has 1 amide bonds. The van der Waals surface area contributed by atoms with Gasteiger partial charge in [-0.25, -0.2) is 8.42 Å². The topological polar surface area (TPSA) is 84.9 Å². The van der Waals surface area contributed by atoms with E-state index in [1.807, 2.05) is 25.1 Å². The summed E-state index contributed by atoms with van der Waals surface area (Å²) in [7, 11) is -1.66. The summed E-state index contributed by atoms with van der Waals surface area (Å²) in [4.78, 5) is 12.2. The standard InChI is InChI=1S/C21H26N2O5S/c1-3-12-29(25,26)23-11-10-16-4-5-18(13-17(16)14-23)22-21(24)15-28-20-8-6-19(27-2)7-9-20/h4-9,13H,3,10-12,14-15H2,1-2H3,(H,22,24). The molecule has 0 unspecified atom stereocenters. The van der Waals surface area contributed by atoms with Gasteiger partial charge in [0.25, 0.3) is 5.91 Å². The third kappa shape index (κ3) is 5.48. The lowest BCUT2D eigenvalue weighted by Gasteiger charge is -2.28. The maximum Gasteiger partial charge on any atom is 0.262 e. The number of sulfonamides is 1. The number of nitrogens with zero attached hydrogens (tertiary/aromatic N) is 1. The molecule has 29 heavy (non-hydrogen) atoms. The molecule has 0 saturated carbocycles. The van der Waals surface area contributed by atoms with Crippen molar-refractivity contribution in [1.29, 1.82) is 0 Å². The molecule has 2 aromatic carbocycles. The van der Waals surface area contributed by atoms with Crippen LogP contribution in [-0.4, -0.2) is 44.6 Å². The van der Waals surface area contributed by atoms with E-state index in [0.717, 1.165) is 11.1 Å². The van der Waals surface area contributed by atoms with Gasteiger partial charge in [-0.1, -0.05) is 13.0 Å². The number of hydrogen-bond donors (Lipinski definition) is 1. The Kier molecular flexibility index (Phi) is 6.76. The van der Waals surface area contributed by atoms with Crippen molar-refractivity contribution in [2.24, 2.45) is 0 Å². The van der Waals surface area contributed by atoms with E-state index in [9.17, 15) is 13.2 Å². The monoisotopic (exact) mass is 418 g/mol. The first-order valence-corrected chi connectivity index (χ1v) is 11.2. The zero-order valence-corrected chi connectivity index (χ0v) is 17.5. The smallest absolute Gasteiger partial charge is 0.262 e. The fourth-order valence-corrected chi connectivity index (χ4v) is 4.73. The molecule has 1 aliphatic rings. The zero-order chi connectivity index (χ0) is 20.9. The second-order valence-corrected chi connectivity index (χ2v) is 8.98. The van der Waals surface area contributed by atoms with E-state index in [1.54, 1.807) is 31.4 Å². The molecule has 1 heterocycles. The molecule has 8 heteroatoms. The van der Waals surface area contributed by atoms with Crippen LogP contribution in [0.2, 0.25) is 0 Å². The highest BCUT2D eigenvalue weighted by molar-refractivity contribution is 7.89. The third-order valence-electron chi connectivity index (χ3n) is 4.75. The largest absolute Gasteiger partial charge is 0.497 e. The summed E-state index contributed by atoms with van der Waals surface area (Å²) in [5.41, 5.74) is 2.66. The first kappa shape index (κ1) is 21.1. The molecule has 0 atom stereocenters. The van der Waals surface area contributed by atoms with Gasteiger partial charge in [0.15, 0.2) is 6.61 Å². The average molecular weight is 419 g/mol. The molecule has 0 spiro atoms. The predicted octanol–water partition coefficient (Wildman–Crippen LogP) is 2.81. The lowest BCUT2D eigenvalue weighted by Crippen LogP contribution is -2.37. The van der Waals surface area contributed by atoms with Gasteiger partial charge < -0.3 is 14.8 Å². The number of amides is 1. The minimum atomic E-state index is -3.24. The Morgan fingerprint density at radius 1 is 1.10 bits per heavy atom. The Labute approximate surface area is 171 Å². The van der Waals surface area contributed by atoms with E-state index in [-0.39, 0.29) is 18.3 Å². The van der Waals surface area contributed by atoms with E-state index in [2.05, 4.69) is 5.32 Å². The number of ether oxygens (including phenoxy) is 2. The first-order valence-electron chi connectivity index (χ1n) is 9.57. The number of benzene rings is 2. The summed E-state index contributed by atoms with van der Waals surface area (Å²) in [5, 5.41) is 2.81. The van der Waals surface area contributed by atoms with Crippen LogP contribution in [0.1, 0.15) is 24.5 Å². The van der Waals surface area contributed by atoms with Gasteiger partial charge in [-0.3, -0.25) is 4.79 Å². The molecule has 0 saturated heterocycles. The highest BCUT2D eigenvalue weighted by Gasteiger charge is 2.26. The highest BCUT2D eigenvalue weighted by atomic mass is 32.2. The van der Waals surface area contributed by atoms with Crippen LogP contribution in [0, 0.1) is 0 Å². The van der Waals surface area contributed by atoms with Gasteiger partial charge in [0.05, 0.1) is 12.9 Å². The fraction of sp³-hybridized carbons (Fsp3) is 0.381. The van der Waals surface area contributed by atoms with Crippen LogP contribution in [0.4, 0.5) is 5.69 Å². The quantitative estimate of drug-likeness (QED) is 0.713. The molecule has 0 radical (unpaired) electrons. The number of carbonyl (C=O) groups excluding carboxylic acids is 1. The number of rotatable bonds is 8. The average Bonchev–Trinajstić information content (AvgIpc) is 2.72. The van der Waals surface area contributed by atoms with Crippen molar-refractivity contribution in [1.82, 2.24) is 4.31 Å². The van der Waals surface area contributed by atoms with E-state index in [0.29, 0.717) is 43.1 Å². The van der Waals surface area contributed by atoms with Crippen molar-refractivity contribution in [2.45, 2.75) is 26.3 Å². The Morgan fingerprint density at radius 3 is 2.52 bits per heavy atom. The molecule has 0 bridgehead atoms. The Bertz CT molecular complexity index is 958. The van der Waals surface area contributed by atoms with Crippen molar-refractivity contribution >= 4 is 21.6 Å². The maximum atomic E-state index is 12.4. The summed E-state index contributed by atoms with van der Waals surface area (Å²) in [5.74, 6) is 1.16. The predicted molar refractivity (Wildman–Crippen MR) is 112 cm³/mol. The molecule has 156 valence electrons. The fourth-order valence-electron chi connectivity index (χ4n) is 3.25. The van der Waals surface area contributed by atoms with Gasteiger partial charge in [-0.15, -0.1) is 0 Å². The van der Waals surface area contributed by atoms with Gasteiger partial charge in [-0.05, 0) is 60.4 Å². The number of nitrogens with one attached hydrogen (secondary N) is 1. The lowest BCUT2D eigenvalue weighted by molar-refractivity contribution is -0.118. The number of carbonyl (C=O) groups is 1. The Hall–Kier alpha value is -2.58. The molecular weight excluding hydrogens is 392 g/mol. The first-order chi connectivity index (χ1) is 13.9. The number of anilines is 1. The van der Waals surface area contributed by atoms with Crippen LogP contribution in [0.3, 0.4) is 0 Å². The minimum Gasteiger partial charge on any atom is -0.497 e. The summed E-state index contributed by atoms with van der Waals surface area (Å²) in [6, 6.07) is 12.6. The van der Waals surface area contributed by atoms with E-state index in [4.69, 9.17) is 9.47 Å². The molecule has 1 aliphatic heterocycles. The summed E-state index contributed by atoms with van der Waals surface area (Å²) >= 11 is 0. The zero-order valence-electron chi connectivity index (χ0n) is 16.7. The Morgan fingerprint density at radius 2 is 1.83 bits per heavy atom. The van der Waals surface area contributed by atoms with Gasteiger partial charge >= 0.3 is 0 Å². The van der Waals surface area contributed by atoms with Gasteiger partial charge in [-0.2, -0.15) is 4.31 Å². The molecule has 0 fully saturated rings. The van der Waals surface area contributed by atoms with Crippen molar-refractivity contribution in [3.8, 4) is 11.5 Å². The molecule has 3 rings (SSSR count). The van der Waals surface area contributed by atoms with E-state index >= 15 is 0 Å². The number of hydrogen-bond acceptors (Lipinski definition) is 5. The SMILES string of the molecule is CCCS(=O)(=O)N1CCc2ccc(NC(=O)COc3ccc(OC)cc3)cc2C1. The van der Waals surface area contributed by atoms with Crippen molar-refractivity contribution < 1.29 is 22.7 Å². The van der Waals surface area contributed by atoms with Gasteiger partial charge in [0, 0.05) is 18.8 Å². The van der Waals surface area contributed by atoms with Crippen LogP contribution < -0.4 is 14.8 Å². The molecule has 0 aliphatic carbocycles. The van der Waals surface area contributed by atoms with Crippen LogP contribution in [0.25, 0.3) is 0 Å². The molecule has 7 nitrogen and oxygen atoms in total. The number of methoxy groups -OCH3 is 1. The highest BCUT2D eigenvalue weighted by Crippen LogP contribution is 2.25. The van der Waals surface area contributed by atoms with Gasteiger partial charge in [0.1, 0.15) is 11.5 Å². The molecule has 2 aromatic rings. The van der Waals surface area contributed by atoms with Gasteiger partial charge in [0.2, 0.25) is 10.0 Å². The Balaban J connectivity index is 1.60. The van der Waals surface area contributed by atoms with Crippen molar-refractivity contribution in [3.05, 3.63) is 53.6 Å². The lowest BCUT2D eigenvalue weighted by atomic mass is 10.0. The normalized spacial score (nSPS) is 14.1. The minimum absolute atomic E-state index is 0.125. The molecular formula is C21H26N2O5S. The second-order valence-electron chi connectivity index (χ2n) is 6.90. The summed E-state index contributed by atoms with van der Waals surface area (Å²) in [6.07, 6.45) is 1.27. The third-order valence-corrected chi connectivity index (χ3v) is 6.77. The van der Waals surface area contributed by atoms with Crippen molar-refractivity contribution in [3.63, 3.8) is 0 Å². The number of fused-ring (bicyclic) bond motifs is 1. The van der Waals surface area contributed by atoms with E-state index < -0.39 is 10.0 Å². The summed E-state index contributed by atoms with van der Waals surface area (Å²) < 4.78 is 36.8. The van der Waals surface area contributed by atoms with Crippen molar-refractivity contribution in [2.75, 3.05) is 31.3 Å². The maximum absolute atomic E-state index is 12.4. The van der Waals surface area contributed by atoms with E-state index in [1.165, 1.54) is 4.31 Å². The van der Waals surface area contributed by atoms with Crippen LogP contribution in [0.5, 0.6) is 11.5 Å². The van der Waals surface area contributed by atoms with Crippen LogP contribution in [-0.2, 0) is 27.8 Å². The molecule has 0 aromatic heterocycles. The summed E-state index contributed by atoms with van der Waals surface area (Å²) in [6.45, 7) is 2.57. The second kappa shape index (κ2) is 9.28. The molecule has 1 N–H and O–H groups in total. The van der Waals surface area contributed by atoms with Crippen LogP contribution in [0.15, 0.2) is 42.5 Å².